The molecule has 2 aromatic rings. The number of aryl methyl sites for hydroxylation is 1. The lowest BCUT2D eigenvalue weighted by molar-refractivity contribution is -0.163. The van der Waals surface area contributed by atoms with E-state index in [2.05, 4.69) is 33.9 Å². The van der Waals surface area contributed by atoms with Crippen molar-refractivity contribution >= 4 is 38.7 Å². The molecule has 0 spiro atoms. The fourth-order valence-electron chi connectivity index (χ4n) is 4.19. The maximum Gasteiger partial charge on any atom is 0.332 e. The number of rotatable bonds is 7. The molecule has 2 aromatic heterocycles. The van der Waals surface area contributed by atoms with E-state index in [0.29, 0.717) is 40.5 Å². The summed E-state index contributed by atoms with van der Waals surface area (Å²) >= 11 is 9.57. The van der Waals surface area contributed by atoms with Gasteiger partial charge in [0.1, 0.15) is 0 Å². The van der Waals surface area contributed by atoms with Crippen LogP contribution < -0.4 is 11.2 Å². The predicted molar refractivity (Wildman–Crippen MR) is 127 cm³/mol. The highest BCUT2D eigenvalue weighted by molar-refractivity contribution is 9.10. The Morgan fingerprint density at radius 2 is 2.16 bits per heavy atom. The van der Waals surface area contributed by atoms with Crippen LogP contribution in [0.25, 0.3) is 11.2 Å². The highest BCUT2D eigenvalue weighted by Gasteiger charge is 2.27. The molecule has 8 nitrogen and oxygen atoms in total. The highest BCUT2D eigenvalue weighted by atomic mass is 79.9. The van der Waals surface area contributed by atoms with E-state index in [1.54, 1.807) is 7.05 Å². The van der Waals surface area contributed by atoms with Crippen LogP contribution in [0.5, 0.6) is 0 Å². The molecule has 1 fully saturated rings. The quantitative estimate of drug-likeness (QED) is 0.405. The van der Waals surface area contributed by atoms with Crippen molar-refractivity contribution in [3.8, 4) is 0 Å². The highest BCUT2D eigenvalue weighted by Crippen LogP contribution is 2.34. The Labute approximate surface area is 199 Å². The van der Waals surface area contributed by atoms with Crippen molar-refractivity contribution in [1.82, 2.24) is 18.7 Å². The summed E-state index contributed by atoms with van der Waals surface area (Å²) in [5, 5.41) is 0.711. The average molecular weight is 528 g/mol. The molecule has 2 atom stereocenters. The average Bonchev–Trinajstić information content (AvgIpc) is 3.10. The SMILES string of the molecule is Cn1c(=O)n(CCCOC2CCCCO2)c(=O)c2c1nc(Br)n2C[C@]1(C)C=CC(Cl)=CC1. The van der Waals surface area contributed by atoms with Crippen LogP contribution >= 0.6 is 27.5 Å². The van der Waals surface area contributed by atoms with E-state index in [1.165, 1.54) is 9.13 Å². The first-order chi connectivity index (χ1) is 15.3. The van der Waals surface area contributed by atoms with Gasteiger partial charge in [0.05, 0.1) is 6.61 Å². The predicted octanol–water partition coefficient (Wildman–Crippen LogP) is 3.68. The van der Waals surface area contributed by atoms with Crippen molar-refractivity contribution in [3.63, 3.8) is 0 Å². The van der Waals surface area contributed by atoms with Crippen molar-refractivity contribution in [2.24, 2.45) is 12.5 Å². The fraction of sp³-hybridized carbons (Fsp3) is 0.591. The third kappa shape index (κ3) is 4.81. The minimum Gasteiger partial charge on any atom is -0.353 e. The van der Waals surface area contributed by atoms with Crippen LogP contribution in [-0.2, 0) is 29.6 Å². The number of hydrogen-bond acceptors (Lipinski definition) is 5. The number of nitrogens with zero attached hydrogens (tertiary/aromatic N) is 4. The number of aromatic nitrogens is 4. The molecule has 0 radical (unpaired) electrons. The molecule has 32 heavy (non-hydrogen) atoms. The standard InChI is InChI=1S/C22H28BrClN4O4/c1-22(9-7-15(24)8-10-22)14-28-17-18(25-20(28)23)26(2)21(30)27(19(17)29)11-5-13-32-16-6-3-4-12-31-16/h7-9,16H,3-6,10-14H2,1-2H3/t16?,22-/m1/s1. The largest absolute Gasteiger partial charge is 0.353 e. The molecule has 0 amide bonds. The Kier molecular flexibility index (Phi) is 7.09. The molecule has 0 aromatic carbocycles. The molecular weight excluding hydrogens is 500 g/mol. The first kappa shape index (κ1) is 23.5. The number of fused-ring (bicyclic) bond motifs is 1. The lowest BCUT2D eigenvalue weighted by Crippen LogP contribution is -2.40. The number of ether oxygens (including phenoxy) is 2. The molecule has 1 aliphatic heterocycles. The van der Waals surface area contributed by atoms with Gasteiger partial charge in [-0.3, -0.25) is 13.9 Å². The molecule has 174 valence electrons. The normalized spacial score (nSPS) is 23.6. The summed E-state index contributed by atoms with van der Waals surface area (Å²) in [6.45, 7) is 4.05. The maximum atomic E-state index is 13.4. The summed E-state index contributed by atoms with van der Waals surface area (Å²) in [7, 11) is 1.64. The number of halogens is 2. The molecule has 0 N–H and O–H groups in total. The molecule has 4 rings (SSSR count). The summed E-state index contributed by atoms with van der Waals surface area (Å²) < 4.78 is 16.4. The lowest BCUT2D eigenvalue weighted by Gasteiger charge is -2.28. The second-order valence-electron chi connectivity index (χ2n) is 8.74. The maximum absolute atomic E-state index is 13.4. The monoisotopic (exact) mass is 526 g/mol. The van der Waals surface area contributed by atoms with Gasteiger partial charge in [-0.15, -0.1) is 0 Å². The molecule has 0 saturated carbocycles. The molecule has 1 saturated heterocycles. The lowest BCUT2D eigenvalue weighted by atomic mass is 9.83. The summed E-state index contributed by atoms with van der Waals surface area (Å²) in [6.07, 6.45) is 10.0. The van der Waals surface area contributed by atoms with Gasteiger partial charge in [-0.05, 0) is 54.1 Å². The van der Waals surface area contributed by atoms with Crippen LogP contribution in [0.2, 0.25) is 0 Å². The van der Waals surface area contributed by atoms with E-state index in [0.717, 1.165) is 32.3 Å². The van der Waals surface area contributed by atoms with Crippen molar-refractivity contribution in [1.29, 1.82) is 0 Å². The fourth-order valence-corrected chi connectivity index (χ4v) is 4.80. The Morgan fingerprint density at radius 1 is 1.34 bits per heavy atom. The summed E-state index contributed by atoms with van der Waals surface area (Å²) in [5.74, 6) is 0. The summed E-state index contributed by atoms with van der Waals surface area (Å²) in [4.78, 5) is 30.7. The van der Waals surface area contributed by atoms with Crippen LogP contribution in [0.4, 0.5) is 0 Å². The second kappa shape index (κ2) is 9.67. The van der Waals surface area contributed by atoms with Gasteiger partial charge in [0, 0.05) is 37.2 Å². The molecular formula is C22H28BrClN4O4. The minimum atomic E-state index is -0.382. The summed E-state index contributed by atoms with van der Waals surface area (Å²) in [5.41, 5.74) is -0.175. The van der Waals surface area contributed by atoms with Crippen LogP contribution in [0.1, 0.15) is 39.0 Å². The third-order valence-electron chi connectivity index (χ3n) is 6.08. The van der Waals surface area contributed by atoms with E-state index in [-0.39, 0.29) is 29.5 Å². The second-order valence-corrected chi connectivity index (χ2v) is 9.88. The molecule has 1 unspecified atom stereocenters. The van der Waals surface area contributed by atoms with E-state index < -0.39 is 0 Å². The van der Waals surface area contributed by atoms with Crippen LogP contribution in [0.15, 0.2) is 37.6 Å². The van der Waals surface area contributed by atoms with Gasteiger partial charge in [-0.25, -0.2) is 9.78 Å². The smallest absolute Gasteiger partial charge is 0.332 e. The van der Waals surface area contributed by atoms with E-state index in [1.807, 2.05) is 16.7 Å². The van der Waals surface area contributed by atoms with Crippen molar-refractivity contribution < 1.29 is 9.47 Å². The van der Waals surface area contributed by atoms with Crippen LogP contribution in [-0.4, -0.2) is 38.2 Å². The van der Waals surface area contributed by atoms with Gasteiger partial charge in [0.25, 0.3) is 5.56 Å². The third-order valence-corrected chi connectivity index (χ3v) is 6.97. The van der Waals surface area contributed by atoms with Gasteiger partial charge >= 0.3 is 5.69 Å². The molecule has 10 heteroatoms. The first-order valence-electron chi connectivity index (χ1n) is 10.9. The van der Waals surface area contributed by atoms with Gasteiger partial charge in [0.15, 0.2) is 22.2 Å². The van der Waals surface area contributed by atoms with Crippen LogP contribution in [0.3, 0.4) is 0 Å². The zero-order valence-electron chi connectivity index (χ0n) is 18.4. The minimum absolute atomic E-state index is 0.185. The number of allylic oxidation sites excluding steroid dienone is 4. The van der Waals surface area contributed by atoms with E-state index in [9.17, 15) is 9.59 Å². The van der Waals surface area contributed by atoms with Gasteiger partial charge in [-0.1, -0.05) is 30.7 Å². The Bertz CT molecular complexity index is 1180. The Balaban J connectivity index is 1.59. The summed E-state index contributed by atoms with van der Waals surface area (Å²) in [6, 6.07) is 0. The van der Waals surface area contributed by atoms with Crippen molar-refractivity contribution in [3.05, 3.63) is 48.8 Å². The van der Waals surface area contributed by atoms with Gasteiger partial charge in [-0.2, -0.15) is 0 Å². The van der Waals surface area contributed by atoms with Gasteiger partial charge in [0.2, 0.25) is 0 Å². The Hall–Kier alpha value is -1.68. The van der Waals surface area contributed by atoms with E-state index in [4.69, 9.17) is 21.1 Å². The molecule has 3 heterocycles. The molecule has 1 aliphatic carbocycles. The molecule has 2 aliphatic rings. The number of hydrogen-bond donors (Lipinski definition) is 0. The Morgan fingerprint density at radius 3 is 2.84 bits per heavy atom. The van der Waals surface area contributed by atoms with Crippen molar-refractivity contribution in [2.75, 3.05) is 13.2 Å². The molecule has 0 bridgehead atoms. The zero-order chi connectivity index (χ0) is 22.9. The topological polar surface area (TPSA) is 80.3 Å². The van der Waals surface area contributed by atoms with E-state index >= 15 is 0 Å². The number of imidazole rings is 1. The van der Waals surface area contributed by atoms with Crippen LogP contribution in [0, 0.1) is 5.41 Å². The van der Waals surface area contributed by atoms with Gasteiger partial charge < -0.3 is 14.0 Å². The zero-order valence-corrected chi connectivity index (χ0v) is 20.7. The first-order valence-corrected chi connectivity index (χ1v) is 12.1. The van der Waals surface area contributed by atoms with Crippen molar-refractivity contribution in [2.45, 2.75) is 58.4 Å².